The van der Waals surface area contributed by atoms with Gasteiger partial charge in [-0.25, -0.2) is 0 Å². The summed E-state index contributed by atoms with van der Waals surface area (Å²) in [4.78, 5) is 13.2. The molecule has 1 aromatic heterocycles. The predicted octanol–water partition coefficient (Wildman–Crippen LogP) is 3.30. The van der Waals surface area contributed by atoms with Gasteiger partial charge in [0, 0.05) is 5.56 Å². The average molecular weight is 285 g/mol. The van der Waals surface area contributed by atoms with Crippen molar-refractivity contribution in [2.24, 2.45) is 0 Å². The smallest absolute Gasteiger partial charge is 0.320 e. The van der Waals surface area contributed by atoms with Crippen LogP contribution in [-0.2, 0) is 11.3 Å². The molecule has 2 aromatic rings. The van der Waals surface area contributed by atoms with Crippen molar-refractivity contribution in [2.45, 2.75) is 32.4 Å². The zero-order chi connectivity index (χ0) is 14.8. The molecule has 1 aliphatic heterocycles. The van der Waals surface area contributed by atoms with Gasteiger partial charge >= 0.3 is 5.97 Å². The minimum atomic E-state index is -0.738. The van der Waals surface area contributed by atoms with Gasteiger partial charge in [0.2, 0.25) is 0 Å². The number of carboxylic acids is 1. The van der Waals surface area contributed by atoms with Crippen molar-refractivity contribution in [3.8, 4) is 11.3 Å². The molecule has 0 amide bonds. The third-order valence-corrected chi connectivity index (χ3v) is 4.01. The number of furan rings is 1. The van der Waals surface area contributed by atoms with E-state index in [9.17, 15) is 9.90 Å². The molecule has 2 heterocycles. The van der Waals surface area contributed by atoms with E-state index in [4.69, 9.17) is 4.42 Å². The first-order valence-corrected chi connectivity index (χ1v) is 7.26. The van der Waals surface area contributed by atoms with Crippen LogP contribution in [0.3, 0.4) is 0 Å². The summed E-state index contributed by atoms with van der Waals surface area (Å²) in [6.07, 6.45) is 1.66. The van der Waals surface area contributed by atoms with Crippen LogP contribution in [0.1, 0.15) is 24.2 Å². The number of carboxylic acid groups (broad SMARTS) is 1. The third-order valence-electron chi connectivity index (χ3n) is 4.01. The Morgan fingerprint density at radius 1 is 1.29 bits per heavy atom. The summed E-state index contributed by atoms with van der Waals surface area (Å²) < 4.78 is 5.86. The molecule has 1 aromatic carbocycles. The van der Waals surface area contributed by atoms with Gasteiger partial charge in [-0.05, 0) is 38.4 Å². The molecular formula is C17H19NO3. The van der Waals surface area contributed by atoms with E-state index in [2.05, 4.69) is 19.1 Å². The van der Waals surface area contributed by atoms with Gasteiger partial charge in [0.1, 0.15) is 17.6 Å². The monoisotopic (exact) mass is 285 g/mol. The van der Waals surface area contributed by atoms with Gasteiger partial charge in [0.15, 0.2) is 0 Å². The number of aliphatic carboxylic acids is 1. The first kappa shape index (κ1) is 13.9. The molecule has 3 rings (SSSR count). The van der Waals surface area contributed by atoms with E-state index in [-0.39, 0.29) is 6.04 Å². The van der Waals surface area contributed by atoms with E-state index in [0.717, 1.165) is 36.5 Å². The largest absolute Gasteiger partial charge is 0.480 e. The summed E-state index contributed by atoms with van der Waals surface area (Å²) in [7, 11) is 0. The zero-order valence-electron chi connectivity index (χ0n) is 12.1. The highest BCUT2D eigenvalue weighted by molar-refractivity contribution is 5.73. The Balaban J connectivity index is 1.73. The Kier molecular flexibility index (Phi) is 3.80. The second kappa shape index (κ2) is 5.74. The van der Waals surface area contributed by atoms with E-state index >= 15 is 0 Å². The minimum absolute atomic E-state index is 0.377. The van der Waals surface area contributed by atoms with E-state index in [1.54, 1.807) is 0 Å². The van der Waals surface area contributed by atoms with Crippen LogP contribution >= 0.6 is 0 Å². The van der Waals surface area contributed by atoms with Crippen LogP contribution < -0.4 is 0 Å². The molecule has 4 nitrogen and oxygen atoms in total. The zero-order valence-corrected chi connectivity index (χ0v) is 12.1. The Bertz CT molecular complexity index is 630. The Hall–Kier alpha value is -2.07. The number of nitrogens with zero attached hydrogens (tertiary/aromatic N) is 1. The Morgan fingerprint density at radius 3 is 2.76 bits per heavy atom. The first-order valence-electron chi connectivity index (χ1n) is 7.26. The van der Waals surface area contributed by atoms with Gasteiger partial charge in [-0.1, -0.05) is 29.8 Å². The summed E-state index contributed by atoms with van der Waals surface area (Å²) in [5, 5.41) is 9.20. The van der Waals surface area contributed by atoms with Gasteiger partial charge in [0.05, 0.1) is 6.54 Å². The maximum Gasteiger partial charge on any atom is 0.320 e. The topological polar surface area (TPSA) is 53.7 Å². The molecule has 110 valence electrons. The maximum atomic E-state index is 11.2. The van der Waals surface area contributed by atoms with Crippen LogP contribution in [0.5, 0.6) is 0 Å². The molecule has 0 bridgehead atoms. The number of benzene rings is 1. The van der Waals surface area contributed by atoms with Crippen molar-refractivity contribution < 1.29 is 14.3 Å². The lowest BCUT2D eigenvalue weighted by molar-refractivity contribution is -0.142. The molecule has 0 saturated carbocycles. The van der Waals surface area contributed by atoms with Crippen molar-refractivity contribution in [3.63, 3.8) is 0 Å². The lowest BCUT2D eigenvalue weighted by Crippen LogP contribution is -2.35. The van der Waals surface area contributed by atoms with Gasteiger partial charge in [-0.3, -0.25) is 9.69 Å². The summed E-state index contributed by atoms with van der Waals surface area (Å²) >= 11 is 0. The lowest BCUT2D eigenvalue weighted by Gasteiger charge is -2.19. The second-order valence-corrected chi connectivity index (χ2v) is 5.60. The fourth-order valence-electron chi connectivity index (χ4n) is 2.83. The van der Waals surface area contributed by atoms with Gasteiger partial charge < -0.3 is 9.52 Å². The second-order valence-electron chi connectivity index (χ2n) is 5.60. The number of likely N-dealkylation sites (tertiary alicyclic amines) is 1. The number of rotatable bonds is 4. The quantitative estimate of drug-likeness (QED) is 0.936. The summed E-state index contributed by atoms with van der Waals surface area (Å²) in [6.45, 7) is 3.43. The molecule has 0 radical (unpaired) electrons. The standard InChI is InChI=1S/C17H19NO3/c1-12-4-6-13(7-5-12)16-9-8-14(21-16)11-18-10-2-3-15(18)17(19)20/h4-9,15H,2-3,10-11H2,1H3,(H,19,20)/t15-/m1/s1. The van der Waals surface area contributed by atoms with Crippen molar-refractivity contribution >= 4 is 5.97 Å². The third kappa shape index (κ3) is 3.00. The molecule has 21 heavy (non-hydrogen) atoms. The number of carbonyl (C=O) groups is 1. The number of hydrogen-bond donors (Lipinski definition) is 1. The van der Waals surface area contributed by atoms with E-state index < -0.39 is 5.97 Å². The van der Waals surface area contributed by atoms with E-state index in [0.29, 0.717) is 6.54 Å². The number of aryl methyl sites for hydroxylation is 1. The minimum Gasteiger partial charge on any atom is -0.480 e. The van der Waals surface area contributed by atoms with Gasteiger partial charge in [0.25, 0.3) is 0 Å². The molecule has 1 fully saturated rings. The molecule has 0 spiro atoms. The van der Waals surface area contributed by atoms with Crippen molar-refractivity contribution in [3.05, 3.63) is 47.7 Å². The number of hydrogen-bond acceptors (Lipinski definition) is 3. The van der Waals surface area contributed by atoms with Gasteiger partial charge in [-0.15, -0.1) is 0 Å². The van der Waals surface area contributed by atoms with Crippen molar-refractivity contribution in [1.29, 1.82) is 0 Å². The SMILES string of the molecule is Cc1ccc(-c2ccc(CN3CCC[C@@H]3C(=O)O)o2)cc1. The molecule has 1 atom stereocenters. The summed E-state index contributed by atoms with van der Waals surface area (Å²) in [5.41, 5.74) is 2.26. The molecule has 4 heteroatoms. The van der Waals surface area contributed by atoms with E-state index in [1.165, 1.54) is 5.56 Å². The Labute approximate surface area is 124 Å². The fourth-order valence-corrected chi connectivity index (χ4v) is 2.83. The lowest BCUT2D eigenvalue weighted by atomic mass is 10.1. The van der Waals surface area contributed by atoms with Crippen LogP contribution in [0.4, 0.5) is 0 Å². The summed E-state index contributed by atoms with van der Waals surface area (Å²) in [6, 6.07) is 11.7. The molecule has 1 N–H and O–H groups in total. The molecule has 0 unspecified atom stereocenters. The van der Waals surface area contributed by atoms with Crippen LogP contribution in [0, 0.1) is 6.92 Å². The molecule has 1 saturated heterocycles. The Morgan fingerprint density at radius 2 is 2.05 bits per heavy atom. The molecule has 0 aliphatic carbocycles. The van der Waals surface area contributed by atoms with Crippen molar-refractivity contribution in [1.82, 2.24) is 4.90 Å². The molecule has 1 aliphatic rings. The normalized spacial score (nSPS) is 19.0. The van der Waals surface area contributed by atoms with Crippen LogP contribution in [-0.4, -0.2) is 28.6 Å². The van der Waals surface area contributed by atoms with Crippen LogP contribution in [0.25, 0.3) is 11.3 Å². The van der Waals surface area contributed by atoms with E-state index in [1.807, 2.05) is 29.2 Å². The van der Waals surface area contributed by atoms with Crippen molar-refractivity contribution in [2.75, 3.05) is 6.54 Å². The highest BCUT2D eigenvalue weighted by Crippen LogP contribution is 2.25. The highest BCUT2D eigenvalue weighted by Gasteiger charge is 2.30. The first-order chi connectivity index (χ1) is 10.1. The average Bonchev–Trinajstić information content (AvgIpc) is 3.09. The highest BCUT2D eigenvalue weighted by atomic mass is 16.4. The molecular weight excluding hydrogens is 266 g/mol. The fraction of sp³-hybridized carbons (Fsp3) is 0.353. The maximum absolute atomic E-state index is 11.2. The van der Waals surface area contributed by atoms with Crippen LogP contribution in [0.2, 0.25) is 0 Å². The predicted molar refractivity (Wildman–Crippen MR) is 79.9 cm³/mol. The van der Waals surface area contributed by atoms with Gasteiger partial charge in [-0.2, -0.15) is 0 Å². The van der Waals surface area contributed by atoms with Crippen LogP contribution in [0.15, 0.2) is 40.8 Å². The summed E-state index contributed by atoms with van der Waals surface area (Å²) in [5.74, 6) is 0.910.